The van der Waals surface area contributed by atoms with Crippen molar-refractivity contribution in [2.24, 2.45) is 11.8 Å². The minimum absolute atomic E-state index is 0.0170. The predicted molar refractivity (Wildman–Crippen MR) is 186 cm³/mol. The summed E-state index contributed by atoms with van der Waals surface area (Å²) in [5, 5.41) is 14.3. The summed E-state index contributed by atoms with van der Waals surface area (Å²) in [6.07, 6.45) is -4.51. The molecular weight excluding hydrogens is 723 g/mol. The third-order valence-corrected chi connectivity index (χ3v) is 11.3. The number of sulfonamides is 1. The van der Waals surface area contributed by atoms with E-state index in [4.69, 9.17) is 32.9 Å². The Morgan fingerprint density at radius 3 is 2.35 bits per heavy atom. The Hall–Kier alpha value is -3.28. The highest BCUT2D eigenvalue weighted by atomic mass is 32.2. The van der Waals surface area contributed by atoms with Crippen molar-refractivity contribution >= 4 is 29.7 Å². The van der Waals surface area contributed by atoms with E-state index in [1.54, 1.807) is 19.1 Å². The second-order valence-electron chi connectivity index (χ2n) is 12.9. The van der Waals surface area contributed by atoms with Gasteiger partial charge in [0.15, 0.2) is 18.7 Å². The zero-order chi connectivity index (χ0) is 38.1. The van der Waals surface area contributed by atoms with Crippen molar-refractivity contribution in [3.05, 3.63) is 54.1 Å². The Kier molecular flexibility index (Phi) is 14.9. The highest BCUT2D eigenvalue weighted by Crippen LogP contribution is 2.43. The molecule has 2 aliphatic heterocycles. The number of carbonyl (C=O) groups excluding carboxylic acids is 2. The summed E-state index contributed by atoms with van der Waals surface area (Å²) in [4.78, 5) is 35.2. The van der Waals surface area contributed by atoms with E-state index < -0.39 is 66.7 Å². The van der Waals surface area contributed by atoms with Gasteiger partial charge < -0.3 is 43.7 Å². The fraction of sp³-hybridized carbons (Fsp3) is 0.588. The molecule has 2 heterocycles. The van der Waals surface area contributed by atoms with E-state index in [9.17, 15) is 32.6 Å². The van der Waals surface area contributed by atoms with Gasteiger partial charge in [0.2, 0.25) is 10.0 Å². The van der Waals surface area contributed by atoms with Gasteiger partial charge in [-0.15, -0.1) is 0 Å². The molecule has 1 amide bonds. The second kappa shape index (κ2) is 18.7. The number of hydrogen-bond acceptors (Lipinski definition) is 13. The molecule has 52 heavy (non-hydrogen) atoms. The highest BCUT2D eigenvalue weighted by molar-refractivity contribution is 7.89. The number of hydrogen-bond donors (Lipinski definition) is 3. The van der Waals surface area contributed by atoms with Crippen LogP contribution in [0.15, 0.2) is 53.4 Å². The van der Waals surface area contributed by atoms with E-state index in [-0.39, 0.29) is 55.2 Å². The molecule has 2 fully saturated rings. The van der Waals surface area contributed by atoms with E-state index in [1.165, 1.54) is 54.7 Å². The predicted octanol–water partition coefficient (Wildman–Crippen LogP) is 3.29. The van der Waals surface area contributed by atoms with Crippen LogP contribution >= 0.6 is 7.60 Å². The molecule has 0 saturated carbocycles. The Morgan fingerprint density at radius 1 is 1.04 bits per heavy atom. The molecule has 2 saturated heterocycles. The Morgan fingerprint density at radius 2 is 1.71 bits per heavy atom. The summed E-state index contributed by atoms with van der Waals surface area (Å²) in [6, 6.07) is 11.2. The Bertz CT molecular complexity index is 1630. The third kappa shape index (κ3) is 11.6. The molecule has 2 unspecified atom stereocenters. The summed E-state index contributed by atoms with van der Waals surface area (Å²) in [7, 11) is -6.93. The molecule has 2 aliphatic rings. The van der Waals surface area contributed by atoms with Crippen LogP contribution in [0.3, 0.4) is 0 Å². The van der Waals surface area contributed by atoms with Gasteiger partial charge in [0.1, 0.15) is 17.6 Å². The fourth-order valence-corrected chi connectivity index (χ4v) is 8.35. The second-order valence-corrected chi connectivity index (χ2v) is 16.6. The van der Waals surface area contributed by atoms with Crippen LogP contribution in [-0.2, 0) is 49.3 Å². The minimum Gasteiger partial charge on any atom is -0.497 e. The summed E-state index contributed by atoms with van der Waals surface area (Å²) in [5.41, 5.74) is 0.609. The number of fused-ring (bicyclic) bond motifs is 1. The number of carbonyl (C=O) groups is 2. The van der Waals surface area contributed by atoms with Crippen LogP contribution in [0.4, 0.5) is 4.79 Å². The lowest BCUT2D eigenvalue weighted by molar-refractivity contribution is -0.150. The topological polar surface area (TPSA) is 206 Å². The van der Waals surface area contributed by atoms with Crippen molar-refractivity contribution in [2.75, 3.05) is 46.4 Å². The SMILES string of the molecule is CCOC(=O)C(C)OP(=O)(O)COc1ccc(C[C@H](NC(=O)O[C@H]2CO[C@H]3OCC[C@H]32)[C@H](O)CN(CC(C)C)S(=O)(=O)c2ccc(OC)cc2)cc1. The molecule has 0 aromatic heterocycles. The Labute approximate surface area is 304 Å². The van der Waals surface area contributed by atoms with Crippen molar-refractivity contribution in [1.29, 1.82) is 0 Å². The number of nitrogens with one attached hydrogen (secondary N) is 1. The quantitative estimate of drug-likeness (QED) is 0.139. The zero-order valence-corrected chi connectivity index (χ0v) is 31.6. The van der Waals surface area contributed by atoms with Crippen molar-refractivity contribution < 1.29 is 65.5 Å². The molecular formula is C34H49N2O14PS. The maximum Gasteiger partial charge on any atom is 0.407 e. The summed E-state index contributed by atoms with van der Waals surface area (Å²) >= 11 is 0. The number of ether oxygens (including phenoxy) is 6. The van der Waals surface area contributed by atoms with Crippen LogP contribution in [-0.4, -0.2) is 112 Å². The van der Waals surface area contributed by atoms with Crippen LogP contribution in [0.5, 0.6) is 11.5 Å². The van der Waals surface area contributed by atoms with Gasteiger partial charge in [-0.25, -0.2) is 18.0 Å². The monoisotopic (exact) mass is 772 g/mol. The molecule has 7 atom stereocenters. The molecule has 3 N–H and O–H groups in total. The standard InChI is InChI=1S/C34H49N2O14PS/c1-6-45-32(38)23(4)50-51(40,41)21-48-26-9-7-24(8-10-26)17-29(35-34(39)49-31-20-47-33-28(31)15-16-46-33)30(37)19-36(18-22(2)3)52(42,43)27-13-11-25(44-5)12-14-27/h7-14,22-23,28-31,33,37H,6,15-21H2,1-5H3,(H,35,39)(H,40,41)/t23?,28-,29-,30+,31-,33+/m0/s1. The first-order valence-corrected chi connectivity index (χ1v) is 20.2. The van der Waals surface area contributed by atoms with Crippen LogP contribution in [0.2, 0.25) is 0 Å². The van der Waals surface area contributed by atoms with Crippen molar-refractivity contribution in [3.63, 3.8) is 0 Å². The first-order valence-electron chi connectivity index (χ1n) is 17.0. The van der Waals surface area contributed by atoms with Crippen molar-refractivity contribution in [2.45, 2.75) is 76.1 Å². The highest BCUT2D eigenvalue weighted by Gasteiger charge is 2.44. The van der Waals surface area contributed by atoms with Gasteiger partial charge in [0.05, 0.1) is 49.9 Å². The molecule has 2 aromatic rings. The number of aliphatic hydroxyl groups is 1. The Balaban J connectivity index is 1.49. The van der Waals surface area contributed by atoms with E-state index in [0.717, 1.165) is 0 Å². The van der Waals surface area contributed by atoms with Crippen LogP contribution < -0.4 is 14.8 Å². The van der Waals surface area contributed by atoms with Crippen LogP contribution in [0, 0.1) is 11.8 Å². The number of benzene rings is 2. The van der Waals surface area contributed by atoms with E-state index in [2.05, 4.69) is 5.32 Å². The van der Waals surface area contributed by atoms with Gasteiger partial charge >= 0.3 is 19.7 Å². The third-order valence-electron chi connectivity index (χ3n) is 8.38. The average Bonchev–Trinajstić information content (AvgIpc) is 3.72. The van der Waals surface area contributed by atoms with Gasteiger partial charge in [-0.05, 0) is 74.6 Å². The molecule has 0 radical (unpaired) electrons. The van der Waals surface area contributed by atoms with Crippen molar-refractivity contribution in [1.82, 2.24) is 9.62 Å². The normalized spacial score (nSPS) is 21.5. The molecule has 18 heteroatoms. The van der Waals surface area contributed by atoms with E-state index in [0.29, 0.717) is 24.3 Å². The first kappa shape index (κ1) is 41.5. The molecule has 290 valence electrons. The minimum atomic E-state index is -4.33. The summed E-state index contributed by atoms with van der Waals surface area (Å²) in [6.45, 7) is 7.08. The molecule has 4 rings (SSSR count). The molecule has 0 bridgehead atoms. The molecule has 16 nitrogen and oxygen atoms in total. The fourth-order valence-electron chi connectivity index (χ4n) is 5.78. The number of alkyl carbamates (subject to hydrolysis) is 1. The maximum atomic E-state index is 13.8. The maximum absolute atomic E-state index is 13.8. The molecule has 0 aliphatic carbocycles. The largest absolute Gasteiger partial charge is 0.497 e. The lowest BCUT2D eigenvalue weighted by Gasteiger charge is -2.31. The van der Waals surface area contributed by atoms with Gasteiger partial charge in [-0.1, -0.05) is 26.0 Å². The smallest absolute Gasteiger partial charge is 0.407 e. The van der Waals surface area contributed by atoms with Crippen molar-refractivity contribution in [3.8, 4) is 11.5 Å². The van der Waals surface area contributed by atoms with Gasteiger partial charge in [-0.2, -0.15) is 4.31 Å². The lowest BCUT2D eigenvalue weighted by atomic mass is 10.0. The number of nitrogens with zero attached hydrogens (tertiary/aromatic N) is 1. The first-order chi connectivity index (χ1) is 24.6. The number of methoxy groups -OCH3 is 1. The van der Waals surface area contributed by atoms with Gasteiger partial charge in [-0.3, -0.25) is 9.09 Å². The average molecular weight is 773 g/mol. The summed E-state index contributed by atoms with van der Waals surface area (Å²) < 4.78 is 78.4. The number of amides is 1. The van der Waals surface area contributed by atoms with E-state index >= 15 is 0 Å². The van der Waals surface area contributed by atoms with E-state index in [1.807, 2.05) is 13.8 Å². The number of esters is 1. The van der Waals surface area contributed by atoms with Crippen LogP contribution in [0.1, 0.15) is 39.7 Å². The molecule has 0 spiro atoms. The summed E-state index contributed by atoms with van der Waals surface area (Å²) in [5.74, 6) is -0.307. The van der Waals surface area contributed by atoms with Crippen LogP contribution in [0.25, 0.3) is 0 Å². The molecule has 2 aromatic carbocycles. The van der Waals surface area contributed by atoms with Gasteiger partial charge in [0, 0.05) is 13.1 Å². The zero-order valence-electron chi connectivity index (χ0n) is 29.9. The number of aliphatic hydroxyl groups excluding tert-OH is 1. The lowest BCUT2D eigenvalue weighted by Crippen LogP contribution is -2.51. The van der Waals surface area contributed by atoms with Gasteiger partial charge in [0.25, 0.3) is 0 Å². The number of rotatable bonds is 19.